The Labute approximate surface area is 137 Å². The number of nitrogens with zero attached hydrogens (tertiary/aromatic N) is 3. The Bertz CT molecular complexity index is 592. The maximum Gasteiger partial charge on any atom is 0.195 e. The first kappa shape index (κ1) is 16.8. The molecule has 4 nitrogen and oxygen atoms in total. The molecule has 0 aliphatic carbocycles. The number of rotatable bonds is 2. The normalized spacial score (nSPS) is 10.1. The van der Waals surface area contributed by atoms with E-state index < -0.39 is 0 Å². The molecule has 2 aromatic rings. The lowest BCUT2D eigenvalue weighted by atomic mass is 10.1. The number of halogens is 1. The molecule has 110 valence electrons. The summed E-state index contributed by atoms with van der Waals surface area (Å²) in [6, 6.07) is 8.10. The SMILES string of the molecule is Cc1c(CN=C(N(C)C)N(C)C)oc2ccccc12.I. The van der Waals surface area contributed by atoms with Crippen LogP contribution in [-0.4, -0.2) is 44.0 Å². The van der Waals surface area contributed by atoms with Gasteiger partial charge in [-0.1, -0.05) is 18.2 Å². The van der Waals surface area contributed by atoms with Gasteiger partial charge in [-0.25, -0.2) is 4.99 Å². The van der Waals surface area contributed by atoms with Gasteiger partial charge >= 0.3 is 0 Å². The smallest absolute Gasteiger partial charge is 0.195 e. The lowest BCUT2D eigenvalue weighted by Crippen LogP contribution is -2.35. The molecule has 0 saturated heterocycles. The van der Waals surface area contributed by atoms with E-state index in [1.165, 1.54) is 10.9 Å². The van der Waals surface area contributed by atoms with E-state index in [1.807, 2.05) is 56.2 Å². The van der Waals surface area contributed by atoms with E-state index in [0.717, 1.165) is 17.3 Å². The second-order valence-electron chi connectivity index (χ2n) is 5.05. The van der Waals surface area contributed by atoms with Crippen molar-refractivity contribution in [3.8, 4) is 0 Å². The Hall–Kier alpha value is -1.24. The molecule has 0 radical (unpaired) electrons. The molecule has 0 amide bonds. The van der Waals surface area contributed by atoms with E-state index in [0.29, 0.717) is 6.54 Å². The molecule has 0 aliphatic heterocycles. The van der Waals surface area contributed by atoms with Gasteiger partial charge in [0, 0.05) is 39.1 Å². The predicted molar refractivity (Wildman–Crippen MR) is 94.9 cm³/mol. The number of furan rings is 1. The van der Waals surface area contributed by atoms with Gasteiger partial charge in [-0.3, -0.25) is 0 Å². The Kier molecular flexibility index (Phi) is 5.86. The van der Waals surface area contributed by atoms with E-state index in [2.05, 4.69) is 18.0 Å². The fourth-order valence-corrected chi connectivity index (χ4v) is 2.20. The highest BCUT2D eigenvalue weighted by Gasteiger charge is 2.10. The van der Waals surface area contributed by atoms with E-state index in [9.17, 15) is 0 Å². The number of guanidine groups is 1. The van der Waals surface area contributed by atoms with Gasteiger partial charge in [0.1, 0.15) is 17.9 Å². The highest BCUT2D eigenvalue weighted by molar-refractivity contribution is 14.0. The van der Waals surface area contributed by atoms with Crippen molar-refractivity contribution in [1.82, 2.24) is 9.80 Å². The maximum atomic E-state index is 5.86. The van der Waals surface area contributed by atoms with Crippen LogP contribution in [0.2, 0.25) is 0 Å². The third-order valence-electron chi connectivity index (χ3n) is 3.11. The van der Waals surface area contributed by atoms with E-state index in [-0.39, 0.29) is 24.0 Å². The first-order valence-electron chi connectivity index (χ1n) is 6.37. The molecule has 1 aromatic carbocycles. The summed E-state index contributed by atoms with van der Waals surface area (Å²) in [6.07, 6.45) is 0. The van der Waals surface area contributed by atoms with Crippen molar-refractivity contribution in [2.75, 3.05) is 28.2 Å². The zero-order valence-corrected chi connectivity index (χ0v) is 15.0. The van der Waals surface area contributed by atoms with Gasteiger partial charge in [-0.15, -0.1) is 24.0 Å². The van der Waals surface area contributed by atoms with Crippen LogP contribution in [-0.2, 0) is 6.54 Å². The molecule has 0 N–H and O–H groups in total. The first-order chi connectivity index (χ1) is 9.00. The molecule has 20 heavy (non-hydrogen) atoms. The van der Waals surface area contributed by atoms with Crippen LogP contribution < -0.4 is 0 Å². The van der Waals surface area contributed by atoms with Gasteiger partial charge in [-0.05, 0) is 13.0 Å². The van der Waals surface area contributed by atoms with Gasteiger partial charge in [0.25, 0.3) is 0 Å². The summed E-state index contributed by atoms with van der Waals surface area (Å²) >= 11 is 0. The summed E-state index contributed by atoms with van der Waals surface area (Å²) in [7, 11) is 7.96. The minimum atomic E-state index is 0. The van der Waals surface area contributed by atoms with Crippen molar-refractivity contribution in [3.05, 3.63) is 35.6 Å². The van der Waals surface area contributed by atoms with E-state index >= 15 is 0 Å². The Morgan fingerprint density at radius 3 is 2.25 bits per heavy atom. The van der Waals surface area contributed by atoms with Gasteiger partial charge in [0.2, 0.25) is 0 Å². The summed E-state index contributed by atoms with van der Waals surface area (Å²) in [6.45, 7) is 2.65. The predicted octanol–water partition coefficient (Wildman–Crippen LogP) is 3.34. The second-order valence-corrected chi connectivity index (χ2v) is 5.05. The van der Waals surface area contributed by atoms with Crippen LogP contribution in [0.25, 0.3) is 11.0 Å². The fraction of sp³-hybridized carbons (Fsp3) is 0.400. The molecule has 0 atom stereocenters. The third-order valence-corrected chi connectivity index (χ3v) is 3.11. The largest absolute Gasteiger partial charge is 0.459 e. The molecule has 0 spiro atoms. The standard InChI is InChI=1S/C15H21N3O.HI/c1-11-12-8-6-7-9-13(12)19-14(11)10-16-15(17(2)3)18(4)5;/h6-9H,10H2,1-5H3;1H. The van der Waals surface area contributed by atoms with Gasteiger partial charge in [0.05, 0.1) is 0 Å². The number of benzene rings is 1. The van der Waals surface area contributed by atoms with Crippen molar-refractivity contribution >= 4 is 40.9 Å². The van der Waals surface area contributed by atoms with Gasteiger partial charge in [0.15, 0.2) is 5.96 Å². The molecule has 0 unspecified atom stereocenters. The van der Waals surface area contributed by atoms with E-state index in [4.69, 9.17) is 4.42 Å². The molecule has 1 aromatic heterocycles. The molecule has 2 rings (SSSR count). The Balaban J connectivity index is 0.00000200. The molecule has 0 fully saturated rings. The summed E-state index contributed by atoms with van der Waals surface area (Å²) in [5, 5.41) is 1.17. The van der Waals surface area contributed by atoms with Crippen LogP contribution in [0.4, 0.5) is 0 Å². The van der Waals surface area contributed by atoms with Crippen LogP contribution >= 0.6 is 24.0 Å². The Morgan fingerprint density at radius 1 is 1.10 bits per heavy atom. The molecule has 0 aliphatic rings. The number of hydrogen-bond donors (Lipinski definition) is 0. The summed E-state index contributed by atoms with van der Waals surface area (Å²) in [5.41, 5.74) is 2.11. The number of aliphatic imine (C=N–C) groups is 1. The van der Waals surface area contributed by atoms with Crippen molar-refractivity contribution in [1.29, 1.82) is 0 Å². The van der Waals surface area contributed by atoms with Crippen LogP contribution in [0.15, 0.2) is 33.7 Å². The lowest BCUT2D eigenvalue weighted by molar-refractivity contribution is 0.473. The first-order valence-corrected chi connectivity index (χ1v) is 6.37. The van der Waals surface area contributed by atoms with Crippen LogP contribution in [0, 0.1) is 6.92 Å². The van der Waals surface area contributed by atoms with E-state index in [1.54, 1.807) is 0 Å². The maximum absolute atomic E-state index is 5.86. The Morgan fingerprint density at radius 2 is 1.70 bits per heavy atom. The summed E-state index contributed by atoms with van der Waals surface area (Å²) < 4.78 is 5.86. The van der Waals surface area contributed by atoms with Crippen LogP contribution in [0.5, 0.6) is 0 Å². The zero-order chi connectivity index (χ0) is 14.0. The molecular weight excluding hydrogens is 365 g/mol. The molecule has 0 saturated carbocycles. The van der Waals surface area contributed by atoms with Crippen molar-refractivity contribution < 1.29 is 4.42 Å². The highest BCUT2D eigenvalue weighted by Crippen LogP contribution is 2.25. The fourth-order valence-electron chi connectivity index (χ4n) is 2.20. The molecule has 1 heterocycles. The quantitative estimate of drug-likeness (QED) is 0.450. The average Bonchev–Trinajstić information content (AvgIpc) is 2.66. The van der Waals surface area contributed by atoms with Crippen molar-refractivity contribution in [2.45, 2.75) is 13.5 Å². The average molecular weight is 387 g/mol. The van der Waals surface area contributed by atoms with Gasteiger partial charge in [-0.2, -0.15) is 0 Å². The monoisotopic (exact) mass is 387 g/mol. The van der Waals surface area contributed by atoms with Crippen molar-refractivity contribution in [3.63, 3.8) is 0 Å². The molecular formula is C15H22IN3O. The van der Waals surface area contributed by atoms with Crippen LogP contribution in [0.1, 0.15) is 11.3 Å². The summed E-state index contributed by atoms with van der Waals surface area (Å²) in [4.78, 5) is 8.62. The zero-order valence-electron chi connectivity index (χ0n) is 12.7. The summed E-state index contributed by atoms with van der Waals surface area (Å²) in [5.74, 6) is 1.86. The lowest BCUT2D eigenvalue weighted by Gasteiger charge is -2.22. The second kappa shape index (κ2) is 6.97. The molecule has 5 heteroatoms. The van der Waals surface area contributed by atoms with Crippen molar-refractivity contribution in [2.24, 2.45) is 4.99 Å². The third kappa shape index (κ3) is 3.45. The van der Waals surface area contributed by atoms with Gasteiger partial charge < -0.3 is 14.2 Å². The minimum absolute atomic E-state index is 0. The number of fused-ring (bicyclic) bond motifs is 1. The number of hydrogen-bond acceptors (Lipinski definition) is 2. The van der Waals surface area contributed by atoms with Crippen LogP contribution in [0.3, 0.4) is 0 Å². The topological polar surface area (TPSA) is 32.0 Å². The number of para-hydroxylation sites is 1. The minimum Gasteiger partial charge on any atom is -0.459 e. The highest BCUT2D eigenvalue weighted by atomic mass is 127. The molecule has 0 bridgehead atoms. The number of aryl methyl sites for hydroxylation is 1.